The van der Waals surface area contributed by atoms with E-state index < -0.39 is 0 Å². The molecule has 1 heterocycles. The Hall–Kier alpha value is -2.82. The summed E-state index contributed by atoms with van der Waals surface area (Å²) in [6.45, 7) is 4.47. The molecule has 5 heteroatoms. The lowest BCUT2D eigenvalue weighted by molar-refractivity contribution is -0.140. The van der Waals surface area contributed by atoms with E-state index >= 15 is 0 Å². The molecule has 148 valence electrons. The Morgan fingerprint density at radius 2 is 1.39 bits per heavy atom. The number of nitrogens with zero attached hydrogens (tertiary/aromatic N) is 2. The molecule has 1 saturated heterocycles. The Balaban J connectivity index is 1.38. The van der Waals surface area contributed by atoms with Crippen LogP contribution in [0.25, 0.3) is 0 Å². The van der Waals surface area contributed by atoms with Gasteiger partial charge in [-0.15, -0.1) is 0 Å². The molecule has 5 nitrogen and oxygen atoms in total. The van der Waals surface area contributed by atoms with Crippen LogP contribution in [0.15, 0.2) is 54.6 Å². The van der Waals surface area contributed by atoms with E-state index in [4.69, 9.17) is 4.74 Å². The van der Waals surface area contributed by atoms with E-state index in [0.29, 0.717) is 38.3 Å². The van der Waals surface area contributed by atoms with Crippen LogP contribution in [0.1, 0.15) is 24.5 Å². The summed E-state index contributed by atoms with van der Waals surface area (Å²) in [6, 6.07) is 17.8. The second-order valence-electron chi connectivity index (χ2n) is 7.03. The van der Waals surface area contributed by atoms with Gasteiger partial charge in [0.15, 0.2) is 6.61 Å². The Bertz CT molecular complexity index is 766. The highest BCUT2D eigenvalue weighted by Crippen LogP contribution is 2.11. The molecule has 0 unspecified atom stereocenters. The van der Waals surface area contributed by atoms with Crippen molar-refractivity contribution in [1.82, 2.24) is 9.80 Å². The van der Waals surface area contributed by atoms with Gasteiger partial charge in [0.05, 0.1) is 0 Å². The molecule has 28 heavy (non-hydrogen) atoms. The highest BCUT2D eigenvalue weighted by molar-refractivity contribution is 5.79. The van der Waals surface area contributed by atoms with Gasteiger partial charge in [0.25, 0.3) is 5.91 Å². The quantitative estimate of drug-likeness (QED) is 0.742. The van der Waals surface area contributed by atoms with Crippen LogP contribution in [-0.4, -0.2) is 54.4 Å². The molecule has 0 aromatic heterocycles. The topological polar surface area (TPSA) is 49.9 Å². The summed E-state index contributed by atoms with van der Waals surface area (Å²) in [5.74, 6) is 0.816. The summed E-state index contributed by atoms with van der Waals surface area (Å²) < 4.78 is 5.53. The first kappa shape index (κ1) is 19.9. The number of carbonyl (C=O) groups is 2. The fourth-order valence-corrected chi connectivity index (χ4v) is 3.31. The lowest BCUT2D eigenvalue weighted by Gasteiger charge is -2.34. The molecule has 0 saturated carbocycles. The number of piperazine rings is 1. The van der Waals surface area contributed by atoms with Crippen LogP contribution < -0.4 is 4.74 Å². The van der Waals surface area contributed by atoms with Gasteiger partial charge in [-0.1, -0.05) is 49.4 Å². The SMILES string of the molecule is CCc1ccc(CCC(=O)N2CCN(C(=O)COc3ccccc3)CC2)cc1. The molecule has 0 aliphatic carbocycles. The predicted molar refractivity (Wildman–Crippen MR) is 109 cm³/mol. The van der Waals surface area contributed by atoms with E-state index in [1.807, 2.05) is 35.2 Å². The van der Waals surface area contributed by atoms with Crippen LogP contribution in [0.4, 0.5) is 0 Å². The third kappa shape index (κ3) is 5.59. The Labute approximate surface area is 166 Å². The molecular formula is C23H28N2O3. The van der Waals surface area contributed by atoms with Crippen molar-refractivity contribution < 1.29 is 14.3 Å². The molecule has 0 radical (unpaired) electrons. The fraction of sp³-hybridized carbons (Fsp3) is 0.391. The summed E-state index contributed by atoms with van der Waals surface area (Å²) in [5.41, 5.74) is 2.50. The van der Waals surface area contributed by atoms with Crippen molar-refractivity contribution in [2.45, 2.75) is 26.2 Å². The van der Waals surface area contributed by atoms with Crippen LogP contribution >= 0.6 is 0 Å². The van der Waals surface area contributed by atoms with Gasteiger partial charge in [-0.05, 0) is 36.1 Å². The first-order valence-electron chi connectivity index (χ1n) is 9.97. The minimum absolute atomic E-state index is 0.0334. The maximum atomic E-state index is 12.5. The summed E-state index contributed by atoms with van der Waals surface area (Å²) in [7, 11) is 0. The molecule has 1 fully saturated rings. The predicted octanol–water partition coefficient (Wildman–Crippen LogP) is 2.93. The Kier molecular flexibility index (Phi) is 7.06. The number of para-hydroxylation sites is 1. The molecule has 0 N–H and O–H groups in total. The zero-order chi connectivity index (χ0) is 19.8. The molecule has 2 aromatic rings. The van der Waals surface area contributed by atoms with Crippen LogP contribution in [0, 0.1) is 0 Å². The van der Waals surface area contributed by atoms with Crippen molar-refractivity contribution in [1.29, 1.82) is 0 Å². The monoisotopic (exact) mass is 380 g/mol. The highest BCUT2D eigenvalue weighted by Gasteiger charge is 2.24. The van der Waals surface area contributed by atoms with Gasteiger partial charge in [0, 0.05) is 32.6 Å². The molecule has 2 amide bonds. The van der Waals surface area contributed by atoms with Crippen LogP contribution in [0.5, 0.6) is 5.75 Å². The fourth-order valence-electron chi connectivity index (χ4n) is 3.31. The summed E-state index contributed by atoms with van der Waals surface area (Å²) >= 11 is 0. The number of ether oxygens (including phenoxy) is 1. The van der Waals surface area contributed by atoms with Gasteiger partial charge in [-0.25, -0.2) is 0 Å². The number of hydrogen-bond donors (Lipinski definition) is 0. The van der Waals surface area contributed by atoms with E-state index in [1.165, 1.54) is 11.1 Å². The Morgan fingerprint density at radius 1 is 0.821 bits per heavy atom. The number of carbonyl (C=O) groups excluding carboxylic acids is 2. The van der Waals surface area contributed by atoms with Gasteiger partial charge in [0.1, 0.15) is 5.75 Å². The van der Waals surface area contributed by atoms with Gasteiger partial charge in [-0.3, -0.25) is 9.59 Å². The molecule has 1 aliphatic heterocycles. The second-order valence-corrected chi connectivity index (χ2v) is 7.03. The van der Waals surface area contributed by atoms with Crippen molar-refractivity contribution in [3.63, 3.8) is 0 Å². The lowest BCUT2D eigenvalue weighted by Crippen LogP contribution is -2.51. The first-order valence-corrected chi connectivity index (χ1v) is 9.97. The van der Waals surface area contributed by atoms with Crippen LogP contribution in [-0.2, 0) is 22.4 Å². The smallest absolute Gasteiger partial charge is 0.260 e. The van der Waals surface area contributed by atoms with Gasteiger partial charge < -0.3 is 14.5 Å². The molecule has 2 aromatic carbocycles. The average molecular weight is 380 g/mol. The third-order valence-electron chi connectivity index (χ3n) is 5.15. The Morgan fingerprint density at radius 3 is 2.00 bits per heavy atom. The molecule has 0 atom stereocenters. The lowest BCUT2D eigenvalue weighted by atomic mass is 10.1. The van der Waals surface area contributed by atoms with Crippen molar-refractivity contribution in [2.75, 3.05) is 32.8 Å². The number of hydrogen-bond acceptors (Lipinski definition) is 3. The van der Waals surface area contributed by atoms with Gasteiger partial charge in [0.2, 0.25) is 5.91 Å². The van der Waals surface area contributed by atoms with Crippen molar-refractivity contribution in [3.05, 3.63) is 65.7 Å². The molecule has 0 bridgehead atoms. The average Bonchev–Trinajstić information content (AvgIpc) is 2.77. The number of amides is 2. The first-order chi connectivity index (χ1) is 13.7. The largest absolute Gasteiger partial charge is 0.484 e. The summed E-state index contributed by atoms with van der Waals surface area (Å²) in [5, 5.41) is 0. The van der Waals surface area contributed by atoms with Crippen molar-refractivity contribution >= 4 is 11.8 Å². The van der Waals surface area contributed by atoms with Crippen LogP contribution in [0.2, 0.25) is 0 Å². The number of benzene rings is 2. The van der Waals surface area contributed by atoms with Crippen molar-refractivity contribution in [2.24, 2.45) is 0 Å². The molecule has 3 rings (SSSR count). The maximum absolute atomic E-state index is 12.5. The van der Waals surface area contributed by atoms with Gasteiger partial charge in [-0.2, -0.15) is 0 Å². The number of aryl methyl sites for hydroxylation is 2. The minimum Gasteiger partial charge on any atom is -0.484 e. The summed E-state index contributed by atoms with van der Waals surface area (Å²) in [6.07, 6.45) is 2.29. The number of rotatable bonds is 7. The molecular weight excluding hydrogens is 352 g/mol. The second kappa shape index (κ2) is 9.93. The van der Waals surface area contributed by atoms with Crippen LogP contribution in [0.3, 0.4) is 0 Å². The minimum atomic E-state index is -0.0352. The highest BCUT2D eigenvalue weighted by atomic mass is 16.5. The third-order valence-corrected chi connectivity index (χ3v) is 5.15. The molecule has 1 aliphatic rings. The van der Waals surface area contributed by atoms with Gasteiger partial charge >= 0.3 is 0 Å². The summed E-state index contributed by atoms with van der Waals surface area (Å²) in [4.78, 5) is 28.4. The van der Waals surface area contributed by atoms with E-state index in [0.717, 1.165) is 12.8 Å². The van der Waals surface area contributed by atoms with Crippen molar-refractivity contribution in [3.8, 4) is 5.75 Å². The molecule has 0 spiro atoms. The zero-order valence-corrected chi connectivity index (χ0v) is 16.5. The maximum Gasteiger partial charge on any atom is 0.260 e. The van der Waals surface area contributed by atoms with E-state index in [-0.39, 0.29) is 18.4 Å². The zero-order valence-electron chi connectivity index (χ0n) is 16.5. The van der Waals surface area contributed by atoms with E-state index in [9.17, 15) is 9.59 Å². The standard InChI is InChI=1S/C23H28N2O3/c1-2-19-8-10-20(11-9-19)12-13-22(26)24-14-16-25(17-15-24)23(27)18-28-21-6-4-3-5-7-21/h3-11H,2,12-18H2,1H3. The van der Waals surface area contributed by atoms with E-state index in [1.54, 1.807) is 4.90 Å². The normalized spacial score (nSPS) is 14.0. The van der Waals surface area contributed by atoms with E-state index in [2.05, 4.69) is 31.2 Å².